The Balaban J connectivity index is 0. The van der Waals surface area contributed by atoms with Gasteiger partial charge in [-0.15, -0.1) is 6.42 Å². The third-order valence-electron chi connectivity index (χ3n) is 6.67. The highest BCUT2D eigenvalue weighted by atomic mass is 16.2. The second kappa shape index (κ2) is 80.1. The number of terminal acetylenes is 1. The molecule has 0 saturated heterocycles. The van der Waals surface area contributed by atoms with Crippen LogP contribution in [0.2, 0.25) is 0 Å². The van der Waals surface area contributed by atoms with Gasteiger partial charge >= 0.3 is 0 Å². The summed E-state index contributed by atoms with van der Waals surface area (Å²) >= 11 is 0. The van der Waals surface area contributed by atoms with Crippen molar-refractivity contribution in [3.8, 4) is 533 Å². The van der Waals surface area contributed by atoms with Crippen LogP contribution in [0.1, 0.15) is 27.2 Å². The highest BCUT2D eigenvalue weighted by Gasteiger charge is 1.91. The van der Waals surface area contributed by atoms with Crippen molar-refractivity contribution in [3.63, 3.8) is 0 Å². The zero-order valence-electron chi connectivity index (χ0n) is 53.0. The summed E-state index contributed by atoms with van der Waals surface area (Å²) in [5, 5.41) is 5.26. The van der Waals surface area contributed by atoms with Crippen molar-refractivity contribution in [2.75, 3.05) is 13.1 Å². The van der Waals surface area contributed by atoms with Gasteiger partial charge in [-0.1, -0.05) is 5.92 Å². The van der Waals surface area contributed by atoms with Crippen molar-refractivity contribution < 1.29 is 9.59 Å². The molecule has 0 aliphatic heterocycles. The van der Waals surface area contributed by atoms with Gasteiger partial charge in [-0.3, -0.25) is 9.59 Å². The fourth-order valence-corrected chi connectivity index (χ4v) is 3.37. The number of carbonyl (C=O) groups is 2. The molecular weight excluding hydrogens is 1240 g/mol. The van der Waals surface area contributed by atoms with E-state index in [0.717, 1.165) is 6.42 Å². The lowest BCUT2D eigenvalue weighted by atomic mass is 10.4. The van der Waals surface area contributed by atoms with Gasteiger partial charge < -0.3 is 10.6 Å². The van der Waals surface area contributed by atoms with E-state index in [1.807, 2.05) is 0 Å². The number of rotatable bonds is 4. The van der Waals surface area contributed by atoms with Crippen molar-refractivity contribution in [1.29, 1.82) is 0 Å². The van der Waals surface area contributed by atoms with Crippen molar-refractivity contribution >= 4 is 11.8 Å². The molecule has 0 heterocycles. The zero-order chi connectivity index (χ0) is 73.6. The second-order valence-electron chi connectivity index (χ2n) is 13.6. The lowest BCUT2D eigenvalue weighted by Crippen LogP contribution is -2.27. The topological polar surface area (TPSA) is 58.2 Å². The Morgan fingerprint density at radius 2 is 0.265 bits per heavy atom. The van der Waals surface area contributed by atoms with Gasteiger partial charge in [-0.05, 0) is 108 Å². The van der Waals surface area contributed by atoms with Gasteiger partial charge in [0, 0.05) is 453 Å². The molecule has 432 valence electrons. The van der Waals surface area contributed by atoms with Crippen LogP contribution >= 0.6 is 0 Å². The Hall–Kier alpha value is -20.9. The van der Waals surface area contributed by atoms with Crippen LogP contribution in [0.25, 0.3) is 0 Å². The van der Waals surface area contributed by atoms with Crippen molar-refractivity contribution in [3.05, 3.63) is 0 Å². The number of nitrogens with one attached hydrogen (secondary N) is 2. The van der Waals surface area contributed by atoms with Gasteiger partial charge in [0.2, 0.25) is 11.8 Å². The number of hydrogen-bond acceptors (Lipinski definition) is 2. The Morgan fingerprint density at radius 1 is 0.176 bits per heavy atom. The fraction of sp³-hybridized carbons (Fsp3) is 0.0612. The molecule has 102 heavy (non-hydrogen) atoms. The first-order chi connectivity index (χ1) is 50.5. The first kappa shape index (κ1) is 83.2. The van der Waals surface area contributed by atoms with Crippen LogP contribution in [0.15, 0.2) is 0 Å². The lowest BCUT2D eigenvalue weighted by molar-refractivity contribution is -0.119. The molecule has 0 saturated carbocycles. The zero-order valence-corrected chi connectivity index (χ0v) is 53.0. The summed E-state index contributed by atoms with van der Waals surface area (Å²) in [4.78, 5) is 20.7. The molecule has 0 spiro atoms. The quantitative estimate of drug-likeness (QED) is 0.318. The van der Waals surface area contributed by atoms with E-state index >= 15 is 0 Å². The van der Waals surface area contributed by atoms with Crippen LogP contribution in [0.4, 0.5) is 0 Å². The fourth-order valence-electron chi connectivity index (χ4n) is 3.37. The first-order valence-electron chi connectivity index (χ1n) is 26.4. The SMILES string of the molecule is C#CC#CC#CC#CC#CC#CC#CC#CC#CC#CC#CC#CC#CC#CC#CC#CC#CC#CC#CC#CC#CC#CC#CC#CC#CC#CC#CC#CC#CC#CC#CC#CC#CC#CC#CC#CC#CC#CC#CC#CC#CC#CC#CC#CC#CC.CC(=O)NCCCNC(C)=O. The Bertz CT molecular complexity index is 6670. The van der Waals surface area contributed by atoms with Gasteiger partial charge in [0.05, 0.1) is 0 Å². The monoisotopic (exact) mass is 1250 g/mol. The molecule has 0 bridgehead atoms. The minimum Gasteiger partial charge on any atom is -0.356 e. The summed E-state index contributed by atoms with van der Waals surface area (Å²) in [6.45, 7) is 5.87. The second-order valence-corrected chi connectivity index (χ2v) is 13.6. The van der Waals surface area contributed by atoms with E-state index in [-0.39, 0.29) is 11.8 Å². The molecule has 2 amide bonds. The third kappa shape index (κ3) is 85.6. The molecule has 0 aromatic carbocycles. The van der Waals surface area contributed by atoms with E-state index in [9.17, 15) is 9.59 Å². The van der Waals surface area contributed by atoms with E-state index in [2.05, 4.69) is 538 Å². The largest absolute Gasteiger partial charge is 0.356 e. The average Bonchev–Trinajstić information content (AvgIpc) is 3.79. The first-order valence-corrected chi connectivity index (χ1v) is 26.4. The van der Waals surface area contributed by atoms with Gasteiger partial charge in [-0.2, -0.15) is 0 Å². The lowest BCUT2D eigenvalue weighted by Gasteiger charge is -2.01. The van der Waals surface area contributed by atoms with Crippen LogP contribution in [0.3, 0.4) is 0 Å². The smallest absolute Gasteiger partial charge is 0.216 e. The molecule has 0 atom stereocenters. The van der Waals surface area contributed by atoms with Gasteiger partial charge in [-0.25, -0.2) is 0 Å². The average molecular weight is 1260 g/mol. The molecule has 0 aliphatic rings. The molecule has 0 aliphatic carbocycles. The normalized spacial score (nSPS) is 4.49. The van der Waals surface area contributed by atoms with E-state index < -0.39 is 0 Å². The highest BCUT2D eigenvalue weighted by Crippen LogP contribution is 1.74. The highest BCUT2D eigenvalue weighted by molar-refractivity contribution is 5.73. The van der Waals surface area contributed by atoms with Crippen LogP contribution in [0, 0.1) is 533 Å². The summed E-state index contributed by atoms with van der Waals surface area (Å²) in [5.41, 5.74) is 0. The van der Waals surface area contributed by atoms with Gasteiger partial charge in [0.1, 0.15) is 0 Å². The maximum Gasteiger partial charge on any atom is 0.216 e. The molecule has 0 rings (SSSR count). The summed E-state index contributed by atoms with van der Waals surface area (Å²) in [7, 11) is 0. The molecule has 4 heteroatoms. The molecular formula is C98H18N2O2. The standard InChI is InChI=1S/C91H4.C7H14N2O2/c1-3-5-7-9-11-13-15-17-19-21-23-25-27-29-31-33-35-37-39-41-43-45-47-49-51-53-55-57-59-61-63-65-67-69-71-73-75-77-79-81-83-85-87-89-91-90-88-86-84-82-80-78-76-74-72-70-68-66-64-62-60-58-56-54-52-50-48-46-44-42-40-38-36-34-32-30-28-26-24-22-20-18-16-14-12-10-8-6-4-2;1-6(10)8-4-3-5-9-7(2)11/h1H,2H3;3-5H2,1-2H3,(H,8,10)(H,9,11). The summed E-state index contributed by atoms with van der Waals surface area (Å²) < 4.78 is 0. The maximum absolute atomic E-state index is 10.3. The van der Waals surface area contributed by atoms with Crippen LogP contribution in [-0.4, -0.2) is 24.9 Å². The predicted molar refractivity (Wildman–Crippen MR) is 399 cm³/mol. The Labute approximate surface area is 602 Å². The molecule has 0 unspecified atom stereocenters. The van der Waals surface area contributed by atoms with Crippen molar-refractivity contribution in [1.82, 2.24) is 10.6 Å². The molecule has 4 nitrogen and oxygen atoms in total. The van der Waals surface area contributed by atoms with E-state index in [4.69, 9.17) is 6.42 Å². The van der Waals surface area contributed by atoms with Crippen LogP contribution in [0.5, 0.6) is 0 Å². The van der Waals surface area contributed by atoms with Crippen molar-refractivity contribution in [2.45, 2.75) is 27.2 Å². The number of hydrogen-bond donors (Lipinski definition) is 2. The molecule has 0 aromatic rings. The third-order valence-corrected chi connectivity index (χ3v) is 6.67. The van der Waals surface area contributed by atoms with E-state index in [1.54, 1.807) is 6.92 Å². The maximum atomic E-state index is 10.3. The van der Waals surface area contributed by atoms with Crippen LogP contribution in [-0.2, 0) is 9.59 Å². The number of amides is 2. The van der Waals surface area contributed by atoms with Crippen LogP contribution < -0.4 is 10.6 Å². The predicted octanol–water partition coefficient (Wildman–Crippen LogP) is 0.438. The Morgan fingerprint density at radius 3 is 0.343 bits per heavy atom. The Kier molecular flexibility index (Phi) is 65.4. The van der Waals surface area contributed by atoms with E-state index in [1.165, 1.54) is 13.8 Å². The molecule has 0 aromatic heterocycles. The molecule has 0 radical (unpaired) electrons. The van der Waals surface area contributed by atoms with E-state index in [0.29, 0.717) is 13.1 Å². The molecule has 2 N–H and O–H groups in total. The van der Waals surface area contributed by atoms with Gasteiger partial charge in [0.15, 0.2) is 0 Å². The minimum absolute atomic E-state index is 0.0344. The number of carbonyl (C=O) groups excluding carboxylic acids is 2. The van der Waals surface area contributed by atoms with Crippen molar-refractivity contribution in [2.24, 2.45) is 0 Å². The van der Waals surface area contributed by atoms with Gasteiger partial charge in [0.25, 0.3) is 0 Å². The minimum atomic E-state index is -0.0344. The summed E-state index contributed by atoms with van der Waals surface area (Å²) in [5.74, 6) is 222. The summed E-state index contributed by atoms with van der Waals surface area (Å²) in [6.07, 6.45) is 5.73. The molecule has 0 fully saturated rings. The summed E-state index contributed by atoms with van der Waals surface area (Å²) in [6, 6.07) is 0.